The normalized spacial score (nSPS) is 12.8. The smallest absolute Gasteiger partial charge is 0.242 e. The Morgan fingerprint density at radius 2 is 1.65 bits per heavy atom. The molecule has 0 spiro atoms. The zero-order valence-corrected chi connectivity index (χ0v) is 19.8. The largest absolute Gasteiger partial charge is 0.454 e. The van der Waals surface area contributed by atoms with Crippen molar-refractivity contribution in [3.05, 3.63) is 94.5 Å². The van der Waals surface area contributed by atoms with Crippen molar-refractivity contribution >= 4 is 23.4 Å². The van der Waals surface area contributed by atoms with Crippen LogP contribution in [0.2, 0.25) is 5.02 Å². The van der Waals surface area contributed by atoms with E-state index in [4.69, 9.17) is 21.1 Å². The van der Waals surface area contributed by atoms with Crippen molar-refractivity contribution in [2.75, 3.05) is 6.79 Å². The minimum Gasteiger partial charge on any atom is -0.454 e. The van der Waals surface area contributed by atoms with Gasteiger partial charge in [0.25, 0.3) is 0 Å². The first-order chi connectivity index (χ1) is 16.5. The van der Waals surface area contributed by atoms with E-state index < -0.39 is 6.04 Å². The number of ether oxygens (including phenoxy) is 2. The minimum absolute atomic E-state index is 0.0791. The number of amides is 2. The molecule has 4 rings (SSSR count). The number of fused-ring (bicyclic) bond motifs is 1. The second-order valence-corrected chi connectivity index (χ2v) is 8.65. The van der Waals surface area contributed by atoms with E-state index >= 15 is 0 Å². The maximum Gasteiger partial charge on any atom is 0.242 e. The molecular formula is C27H27ClN2O4. The number of nitrogens with zero attached hydrogens (tertiary/aromatic N) is 1. The number of carbonyl (C=O) groups excluding carboxylic acids is 2. The second-order valence-electron chi connectivity index (χ2n) is 8.22. The molecule has 7 heteroatoms. The van der Waals surface area contributed by atoms with E-state index in [1.54, 1.807) is 24.0 Å². The first-order valence-electron chi connectivity index (χ1n) is 11.2. The zero-order chi connectivity index (χ0) is 23.9. The molecule has 3 aromatic rings. The molecule has 0 fully saturated rings. The molecule has 0 bridgehead atoms. The lowest BCUT2D eigenvalue weighted by Crippen LogP contribution is -2.47. The Labute approximate surface area is 204 Å². The van der Waals surface area contributed by atoms with Gasteiger partial charge in [0.05, 0.1) is 0 Å². The third-order valence-corrected chi connectivity index (χ3v) is 6.06. The highest BCUT2D eigenvalue weighted by Crippen LogP contribution is 2.32. The Bertz CT molecular complexity index is 1140. The number of halogens is 1. The van der Waals surface area contributed by atoms with Crippen molar-refractivity contribution in [2.45, 2.75) is 38.9 Å². The fourth-order valence-corrected chi connectivity index (χ4v) is 3.92. The van der Waals surface area contributed by atoms with Crippen molar-refractivity contribution in [3.63, 3.8) is 0 Å². The van der Waals surface area contributed by atoms with Gasteiger partial charge in [-0.05, 0) is 54.3 Å². The van der Waals surface area contributed by atoms with Crippen LogP contribution in [0.3, 0.4) is 0 Å². The zero-order valence-electron chi connectivity index (χ0n) is 19.0. The monoisotopic (exact) mass is 478 g/mol. The van der Waals surface area contributed by atoms with Crippen LogP contribution in [0.4, 0.5) is 0 Å². The topological polar surface area (TPSA) is 67.9 Å². The summed E-state index contributed by atoms with van der Waals surface area (Å²) in [6.45, 7) is 2.61. The summed E-state index contributed by atoms with van der Waals surface area (Å²) in [5, 5.41) is 3.57. The lowest BCUT2D eigenvalue weighted by Gasteiger charge is -2.29. The van der Waals surface area contributed by atoms with Crippen molar-refractivity contribution in [1.82, 2.24) is 10.2 Å². The fraction of sp³-hybridized carbons (Fsp3) is 0.259. The number of carbonyl (C=O) groups is 2. The summed E-state index contributed by atoms with van der Waals surface area (Å²) < 4.78 is 10.7. The maximum atomic E-state index is 13.2. The molecule has 0 aromatic heterocycles. The standard InChI is InChI=1S/C27H27ClN2O4/c1-19(27(32)29-16-22-9-13-24-25(15-22)34-18-33-24)30(17-21-7-11-23(28)12-8-21)26(31)14-10-20-5-3-2-4-6-20/h2-9,11-13,15,19H,10,14,16-18H2,1H3,(H,29,32)/t19-/m0/s1. The molecule has 3 aromatic carbocycles. The molecule has 1 heterocycles. The molecule has 0 unspecified atom stereocenters. The number of rotatable bonds is 9. The van der Waals surface area contributed by atoms with Gasteiger partial charge in [0.1, 0.15) is 6.04 Å². The van der Waals surface area contributed by atoms with Crippen LogP contribution in [0.25, 0.3) is 0 Å². The van der Waals surface area contributed by atoms with Crippen molar-refractivity contribution in [1.29, 1.82) is 0 Å². The number of aryl methyl sites for hydroxylation is 1. The summed E-state index contributed by atoms with van der Waals surface area (Å²) in [6.07, 6.45) is 0.930. The predicted octanol–water partition coefficient (Wildman–Crippen LogP) is 4.74. The predicted molar refractivity (Wildman–Crippen MR) is 131 cm³/mol. The van der Waals surface area contributed by atoms with Crippen LogP contribution in [0.15, 0.2) is 72.8 Å². The van der Waals surface area contributed by atoms with E-state index in [0.717, 1.165) is 16.7 Å². The lowest BCUT2D eigenvalue weighted by atomic mass is 10.1. The maximum absolute atomic E-state index is 13.2. The molecule has 0 radical (unpaired) electrons. The molecule has 0 saturated heterocycles. The lowest BCUT2D eigenvalue weighted by molar-refractivity contribution is -0.140. The second kappa shape index (κ2) is 11.1. The van der Waals surface area contributed by atoms with E-state index in [9.17, 15) is 9.59 Å². The first-order valence-corrected chi connectivity index (χ1v) is 11.6. The Morgan fingerprint density at radius 1 is 0.941 bits per heavy atom. The number of hydrogen-bond acceptors (Lipinski definition) is 4. The van der Waals surface area contributed by atoms with Gasteiger partial charge in [0.2, 0.25) is 18.6 Å². The summed E-state index contributed by atoms with van der Waals surface area (Å²) in [6, 6.07) is 22.1. The van der Waals surface area contributed by atoms with Crippen LogP contribution in [-0.2, 0) is 29.1 Å². The Kier molecular flexibility index (Phi) is 7.70. The molecule has 6 nitrogen and oxygen atoms in total. The van der Waals surface area contributed by atoms with Gasteiger partial charge in [0, 0.05) is 24.5 Å². The summed E-state index contributed by atoms with van der Waals surface area (Å²) in [5.41, 5.74) is 2.89. The third-order valence-electron chi connectivity index (χ3n) is 5.81. The van der Waals surface area contributed by atoms with Crippen LogP contribution in [-0.4, -0.2) is 29.5 Å². The van der Waals surface area contributed by atoms with E-state index in [1.165, 1.54) is 0 Å². The molecule has 1 aliphatic heterocycles. The van der Waals surface area contributed by atoms with Crippen molar-refractivity contribution < 1.29 is 19.1 Å². The number of benzene rings is 3. The van der Waals surface area contributed by atoms with E-state index in [2.05, 4.69) is 5.32 Å². The Balaban J connectivity index is 1.42. The van der Waals surface area contributed by atoms with Gasteiger partial charge in [-0.3, -0.25) is 9.59 Å². The van der Waals surface area contributed by atoms with Gasteiger partial charge in [-0.25, -0.2) is 0 Å². The average Bonchev–Trinajstić information content (AvgIpc) is 3.33. The van der Waals surface area contributed by atoms with Crippen LogP contribution < -0.4 is 14.8 Å². The number of nitrogens with one attached hydrogen (secondary N) is 1. The van der Waals surface area contributed by atoms with Crippen LogP contribution in [0.1, 0.15) is 30.0 Å². The van der Waals surface area contributed by atoms with Gasteiger partial charge < -0.3 is 19.7 Å². The van der Waals surface area contributed by atoms with E-state index in [0.29, 0.717) is 42.5 Å². The SMILES string of the molecule is C[C@@H](C(=O)NCc1ccc2c(c1)OCO2)N(Cc1ccc(Cl)cc1)C(=O)CCc1ccccc1. The van der Waals surface area contributed by atoms with Crippen LogP contribution in [0, 0.1) is 0 Å². The first kappa shape index (κ1) is 23.6. The Morgan fingerprint density at radius 3 is 2.41 bits per heavy atom. The molecule has 176 valence electrons. The minimum atomic E-state index is -0.645. The third kappa shape index (κ3) is 6.08. The van der Waals surface area contributed by atoms with E-state index in [1.807, 2.05) is 60.7 Å². The summed E-state index contributed by atoms with van der Waals surface area (Å²) in [5.74, 6) is 1.06. The Hall–Kier alpha value is -3.51. The summed E-state index contributed by atoms with van der Waals surface area (Å²) in [7, 11) is 0. The highest BCUT2D eigenvalue weighted by atomic mass is 35.5. The van der Waals surface area contributed by atoms with Gasteiger partial charge in [0.15, 0.2) is 11.5 Å². The number of hydrogen-bond donors (Lipinski definition) is 1. The molecule has 1 atom stereocenters. The van der Waals surface area contributed by atoms with E-state index in [-0.39, 0.29) is 18.6 Å². The molecule has 0 aliphatic carbocycles. The molecule has 34 heavy (non-hydrogen) atoms. The molecule has 2 amide bonds. The van der Waals surface area contributed by atoms with Crippen molar-refractivity contribution in [2.24, 2.45) is 0 Å². The highest BCUT2D eigenvalue weighted by Gasteiger charge is 2.26. The highest BCUT2D eigenvalue weighted by molar-refractivity contribution is 6.30. The molecule has 1 aliphatic rings. The van der Waals surface area contributed by atoms with Gasteiger partial charge in [-0.15, -0.1) is 0 Å². The average molecular weight is 479 g/mol. The molecule has 0 saturated carbocycles. The van der Waals surface area contributed by atoms with Gasteiger partial charge in [-0.2, -0.15) is 0 Å². The van der Waals surface area contributed by atoms with Crippen molar-refractivity contribution in [3.8, 4) is 11.5 Å². The summed E-state index contributed by atoms with van der Waals surface area (Å²) >= 11 is 6.01. The quantitative estimate of drug-likeness (QED) is 0.482. The van der Waals surface area contributed by atoms with Gasteiger partial charge in [-0.1, -0.05) is 60.1 Å². The van der Waals surface area contributed by atoms with Crippen LogP contribution >= 0.6 is 11.6 Å². The molecule has 1 N–H and O–H groups in total. The van der Waals surface area contributed by atoms with Crippen LogP contribution in [0.5, 0.6) is 11.5 Å². The molecular weight excluding hydrogens is 452 g/mol. The van der Waals surface area contributed by atoms with Gasteiger partial charge >= 0.3 is 0 Å². The summed E-state index contributed by atoms with van der Waals surface area (Å²) in [4.78, 5) is 27.9. The fourth-order valence-electron chi connectivity index (χ4n) is 3.80.